The number of hydrogen-bond acceptors (Lipinski definition) is 2. The molecule has 1 heterocycles. The van der Waals surface area contributed by atoms with Crippen LogP contribution in [0.15, 0.2) is 42.5 Å². The van der Waals surface area contributed by atoms with Crippen LogP contribution >= 0.6 is 0 Å². The molecule has 2 aromatic carbocycles. The summed E-state index contributed by atoms with van der Waals surface area (Å²) in [5.74, 6) is 0.829. The Balaban J connectivity index is 1.25. The minimum Gasteiger partial charge on any atom is -0.312 e. The number of hydrogen-bond donors (Lipinski definition) is 1. The van der Waals surface area contributed by atoms with Crippen LogP contribution in [0.3, 0.4) is 0 Å². The number of nitrogens with one attached hydrogen (secondary N) is 1. The van der Waals surface area contributed by atoms with E-state index in [-0.39, 0.29) is 18.2 Å². The smallest absolute Gasteiger partial charge is 0.312 e. The molecule has 0 bridgehead atoms. The summed E-state index contributed by atoms with van der Waals surface area (Å²) in [6.45, 7) is 3.86. The first-order chi connectivity index (χ1) is 15.6. The van der Waals surface area contributed by atoms with Crippen LogP contribution in [0.2, 0.25) is 0 Å². The average Bonchev–Trinajstić information content (AvgIpc) is 3.22. The monoisotopic (exact) mass is 470 g/mol. The van der Waals surface area contributed by atoms with E-state index in [4.69, 9.17) is 0 Å². The zero-order chi connectivity index (χ0) is 23.6. The van der Waals surface area contributed by atoms with Crippen LogP contribution in [0.25, 0.3) is 0 Å². The first-order valence-corrected chi connectivity index (χ1v) is 11.4. The SMILES string of the molecule is FC(F)(F)c1cc(CNCC2CC(c3ccc(CN4CCCC4)cc3)C2)cc(C(F)(F)F)c1. The highest BCUT2D eigenvalue weighted by molar-refractivity contribution is 5.33. The standard InChI is InChI=1S/C25H28F6N2/c26-24(27,28)22-11-19(12-23(13-22)25(29,30)31)15-32-14-18-9-21(10-18)20-5-3-17(4-6-20)16-33-7-1-2-8-33/h3-6,11-13,18,21,32H,1-2,7-10,14-16H2. The second kappa shape index (κ2) is 9.66. The molecule has 2 nitrogen and oxygen atoms in total. The topological polar surface area (TPSA) is 15.3 Å². The van der Waals surface area contributed by atoms with E-state index in [1.807, 2.05) is 0 Å². The van der Waals surface area contributed by atoms with Gasteiger partial charge in [0.2, 0.25) is 0 Å². The van der Waals surface area contributed by atoms with E-state index in [1.165, 1.54) is 24.0 Å². The molecule has 0 unspecified atom stereocenters. The highest BCUT2D eigenvalue weighted by Gasteiger charge is 2.37. The normalized spacial score (nSPS) is 21.9. The summed E-state index contributed by atoms with van der Waals surface area (Å²) in [6.07, 6.45) is -5.16. The van der Waals surface area contributed by atoms with Gasteiger partial charge in [0, 0.05) is 13.1 Å². The number of halogens is 6. The first kappa shape index (κ1) is 24.1. The summed E-state index contributed by atoms with van der Waals surface area (Å²) in [6, 6.07) is 10.5. The summed E-state index contributed by atoms with van der Waals surface area (Å²) >= 11 is 0. The Morgan fingerprint density at radius 1 is 0.788 bits per heavy atom. The van der Waals surface area contributed by atoms with Crippen molar-refractivity contribution in [1.82, 2.24) is 10.2 Å². The van der Waals surface area contributed by atoms with Gasteiger partial charge in [-0.15, -0.1) is 0 Å². The quantitative estimate of drug-likeness (QED) is 0.459. The van der Waals surface area contributed by atoms with Crippen molar-refractivity contribution in [2.75, 3.05) is 19.6 Å². The van der Waals surface area contributed by atoms with Crippen molar-refractivity contribution in [2.45, 2.75) is 57.0 Å². The lowest BCUT2D eigenvalue weighted by molar-refractivity contribution is -0.143. The largest absolute Gasteiger partial charge is 0.416 e. The highest BCUT2D eigenvalue weighted by atomic mass is 19.4. The third-order valence-electron chi connectivity index (χ3n) is 6.70. The van der Waals surface area contributed by atoms with Crippen LogP contribution in [-0.2, 0) is 25.4 Å². The molecule has 1 aliphatic carbocycles. The first-order valence-electron chi connectivity index (χ1n) is 11.4. The Bertz CT molecular complexity index is 891. The van der Waals surface area contributed by atoms with Crippen LogP contribution in [0.4, 0.5) is 26.3 Å². The fourth-order valence-corrected chi connectivity index (χ4v) is 4.81. The van der Waals surface area contributed by atoms with E-state index in [2.05, 4.69) is 34.5 Å². The Kier molecular flexibility index (Phi) is 7.05. The number of likely N-dealkylation sites (tertiary alicyclic amines) is 1. The van der Waals surface area contributed by atoms with Gasteiger partial charge in [0.15, 0.2) is 0 Å². The highest BCUT2D eigenvalue weighted by Crippen LogP contribution is 2.41. The zero-order valence-electron chi connectivity index (χ0n) is 18.3. The maximum Gasteiger partial charge on any atom is 0.416 e. The van der Waals surface area contributed by atoms with E-state index in [0.29, 0.717) is 18.4 Å². The molecule has 1 aliphatic heterocycles. The molecule has 0 aromatic heterocycles. The molecule has 33 heavy (non-hydrogen) atoms. The Morgan fingerprint density at radius 2 is 1.36 bits per heavy atom. The molecule has 1 N–H and O–H groups in total. The third kappa shape index (κ3) is 6.29. The lowest BCUT2D eigenvalue weighted by Gasteiger charge is -2.36. The second-order valence-electron chi connectivity index (χ2n) is 9.30. The van der Waals surface area contributed by atoms with Crippen LogP contribution in [0.5, 0.6) is 0 Å². The van der Waals surface area contributed by atoms with Gasteiger partial charge in [-0.1, -0.05) is 24.3 Å². The maximum absolute atomic E-state index is 13.0. The van der Waals surface area contributed by atoms with Crippen LogP contribution in [0, 0.1) is 5.92 Å². The van der Waals surface area contributed by atoms with Crippen molar-refractivity contribution < 1.29 is 26.3 Å². The van der Waals surface area contributed by atoms with Crippen molar-refractivity contribution in [3.8, 4) is 0 Å². The number of benzene rings is 2. The van der Waals surface area contributed by atoms with Crippen molar-refractivity contribution in [1.29, 1.82) is 0 Å². The molecule has 1 saturated carbocycles. The minimum atomic E-state index is -4.82. The minimum absolute atomic E-state index is 0.0124. The summed E-state index contributed by atoms with van der Waals surface area (Å²) in [5, 5.41) is 3.04. The van der Waals surface area contributed by atoms with Crippen molar-refractivity contribution in [3.05, 3.63) is 70.3 Å². The van der Waals surface area contributed by atoms with Crippen molar-refractivity contribution in [2.24, 2.45) is 5.92 Å². The molecule has 2 aliphatic rings. The number of rotatable bonds is 7. The van der Waals surface area contributed by atoms with E-state index >= 15 is 0 Å². The molecule has 0 amide bonds. The van der Waals surface area contributed by atoms with Gasteiger partial charge in [0.1, 0.15) is 0 Å². The molecule has 4 rings (SSSR count). The van der Waals surface area contributed by atoms with E-state index < -0.39 is 23.5 Å². The maximum atomic E-state index is 13.0. The van der Waals surface area contributed by atoms with E-state index in [0.717, 1.165) is 44.6 Å². The van der Waals surface area contributed by atoms with Crippen molar-refractivity contribution in [3.63, 3.8) is 0 Å². The third-order valence-corrected chi connectivity index (χ3v) is 6.70. The summed E-state index contributed by atoms with van der Waals surface area (Å²) in [4.78, 5) is 2.46. The Morgan fingerprint density at radius 3 is 1.91 bits per heavy atom. The number of nitrogens with zero attached hydrogens (tertiary/aromatic N) is 1. The van der Waals surface area contributed by atoms with Gasteiger partial charge in [0.05, 0.1) is 11.1 Å². The molecular weight excluding hydrogens is 442 g/mol. The van der Waals surface area contributed by atoms with E-state index in [9.17, 15) is 26.3 Å². The Hall–Kier alpha value is -2.06. The molecular formula is C25H28F6N2. The number of alkyl halides is 6. The fraction of sp³-hybridized carbons (Fsp3) is 0.520. The van der Waals surface area contributed by atoms with Crippen LogP contribution in [-0.4, -0.2) is 24.5 Å². The molecule has 180 valence electrons. The van der Waals surface area contributed by atoms with Gasteiger partial charge < -0.3 is 5.32 Å². The second-order valence-corrected chi connectivity index (χ2v) is 9.30. The Labute approximate surface area is 190 Å². The lowest BCUT2D eigenvalue weighted by atomic mass is 9.71. The predicted molar refractivity (Wildman–Crippen MR) is 115 cm³/mol. The van der Waals surface area contributed by atoms with Crippen LogP contribution < -0.4 is 5.32 Å². The predicted octanol–water partition coefficient (Wildman–Crippen LogP) is 6.60. The summed E-state index contributed by atoms with van der Waals surface area (Å²) in [5.41, 5.74) is 0.0558. The van der Waals surface area contributed by atoms with E-state index in [1.54, 1.807) is 0 Å². The zero-order valence-corrected chi connectivity index (χ0v) is 18.3. The molecule has 2 aromatic rings. The van der Waals surface area contributed by atoms with Gasteiger partial charge in [0.25, 0.3) is 0 Å². The van der Waals surface area contributed by atoms with Gasteiger partial charge in [-0.25, -0.2) is 0 Å². The lowest BCUT2D eigenvalue weighted by Crippen LogP contribution is -2.32. The molecule has 8 heteroatoms. The molecule has 1 saturated heterocycles. The average molecular weight is 471 g/mol. The van der Waals surface area contributed by atoms with Gasteiger partial charge in [-0.2, -0.15) is 26.3 Å². The van der Waals surface area contributed by atoms with Gasteiger partial charge in [-0.05, 0) is 92.0 Å². The fourth-order valence-electron chi connectivity index (χ4n) is 4.81. The molecule has 0 spiro atoms. The van der Waals surface area contributed by atoms with Gasteiger partial charge in [-0.3, -0.25) is 4.90 Å². The molecule has 2 fully saturated rings. The molecule has 0 radical (unpaired) electrons. The van der Waals surface area contributed by atoms with Crippen molar-refractivity contribution >= 4 is 0 Å². The summed E-state index contributed by atoms with van der Waals surface area (Å²) < 4.78 is 77.9. The molecule has 0 atom stereocenters. The van der Waals surface area contributed by atoms with Crippen LogP contribution in [0.1, 0.15) is 59.4 Å². The van der Waals surface area contributed by atoms with Gasteiger partial charge >= 0.3 is 12.4 Å². The summed E-state index contributed by atoms with van der Waals surface area (Å²) in [7, 11) is 0.